The number of nitrogens with one attached hydrogen (secondary N) is 2. The van der Waals surface area contributed by atoms with E-state index in [2.05, 4.69) is 10.6 Å². The van der Waals surface area contributed by atoms with Crippen LogP contribution in [0.1, 0.15) is 10.4 Å². The predicted octanol–water partition coefficient (Wildman–Crippen LogP) is 2.83. The van der Waals surface area contributed by atoms with Crippen molar-refractivity contribution in [3.05, 3.63) is 54.1 Å². The molecule has 0 saturated heterocycles. The fourth-order valence-electron chi connectivity index (χ4n) is 1.87. The van der Waals surface area contributed by atoms with Gasteiger partial charge in [0.1, 0.15) is 11.5 Å². The summed E-state index contributed by atoms with van der Waals surface area (Å²) >= 11 is 5.15. The zero-order valence-electron chi connectivity index (χ0n) is 12.3. The van der Waals surface area contributed by atoms with Gasteiger partial charge in [-0.2, -0.15) is 0 Å². The van der Waals surface area contributed by atoms with Crippen molar-refractivity contribution in [2.75, 3.05) is 19.5 Å². The summed E-state index contributed by atoms with van der Waals surface area (Å²) in [7, 11) is 3.10. The number of methoxy groups -OCH3 is 2. The topological polar surface area (TPSA) is 59.6 Å². The molecule has 6 heteroatoms. The fourth-order valence-corrected chi connectivity index (χ4v) is 2.08. The van der Waals surface area contributed by atoms with Crippen molar-refractivity contribution in [2.24, 2.45) is 0 Å². The largest absolute Gasteiger partial charge is 0.497 e. The smallest absolute Gasteiger partial charge is 0.261 e. The van der Waals surface area contributed by atoms with Crippen molar-refractivity contribution in [1.29, 1.82) is 0 Å². The van der Waals surface area contributed by atoms with Gasteiger partial charge in [0, 0.05) is 11.8 Å². The summed E-state index contributed by atoms with van der Waals surface area (Å²) in [6.07, 6.45) is 0. The number of hydrogen-bond acceptors (Lipinski definition) is 4. The molecule has 0 aliphatic rings. The summed E-state index contributed by atoms with van der Waals surface area (Å²) in [6.45, 7) is 0. The van der Waals surface area contributed by atoms with E-state index in [0.29, 0.717) is 17.1 Å². The first-order chi connectivity index (χ1) is 10.6. The van der Waals surface area contributed by atoms with E-state index in [1.807, 2.05) is 18.2 Å². The molecule has 1 amide bonds. The Morgan fingerprint density at radius 2 is 1.82 bits per heavy atom. The van der Waals surface area contributed by atoms with Crippen LogP contribution in [0.25, 0.3) is 0 Å². The molecular formula is C16H16N2O3S. The van der Waals surface area contributed by atoms with Crippen molar-refractivity contribution in [2.45, 2.75) is 0 Å². The third kappa shape index (κ3) is 3.95. The molecule has 0 aliphatic heterocycles. The van der Waals surface area contributed by atoms with Gasteiger partial charge < -0.3 is 14.8 Å². The van der Waals surface area contributed by atoms with Gasteiger partial charge >= 0.3 is 0 Å². The maximum Gasteiger partial charge on any atom is 0.261 e. The normalized spacial score (nSPS) is 9.73. The van der Waals surface area contributed by atoms with Gasteiger partial charge in [-0.05, 0) is 36.5 Å². The SMILES string of the molecule is COc1cccc(NC(=S)NC(=O)c2ccccc2OC)c1. The minimum atomic E-state index is -0.335. The highest BCUT2D eigenvalue weighted by Gasteiger charge is 2.12. The van der Waals surface area contributed by atoms with Crippen LogP contribution < -0.4 is 20.1 Å². The number of carbonyl (C=O) groups is 1. The molecular weight excluding hydrogens is 300 g/mol. The lowest BCUT2D eigenvalue weighted by Gasteiger charge is -2.12. The molecule has 0 unspecified atom stereocenters. The zero-order valence-corrected chi connectivity index (χ0v) is 13.1. The maximum absolute atomic E-state index is 12.2. The molecule has 5 nitrogen and oxygen atoms in total. The summed E-state index contributed by atoms with van der Waals surface area (Å²) in [6, 6.07) is 14.2. The minimum absolute atomic E-state index is 0.198. The van der Waals surface area contributed by atoms with Crippen LogP contribution in [-0.4, -0.2) is 25.2 Å². The summed E-state index contributed by atoms with van der Waals surface area (Å²) in [4.78, 5) is 12.2. The average molecular weight is 316 g/mol. The highest BCUT2D eigenvalue weighted by Crippen LogP contribution is 2.18. The Hall–Kier alpha value is -2.60. The molecule has 0 aromatic heterocycles. The van der Waals surface area contributed by atoms with Gasteiger partial charge in [0.05, 0.1) is 19.8 Å². The molecule has 0 aliphatic carbocycles. The van der Waals surface area contributed by atoms with Crippen molar-refractivity contribution >= 4 is 28.9 Å². The lowest BCUT2D eigenvalue weighted by Crippen LogP contribution is -2.34. The van der Waals surface area contributed by atoms with Crippen molar-refractivity contribution < 1.29 is 14.3 Å². The Balaban J connectivity index is 2.03. The fraction of sp³-hybridized carbons (Fsp3) is 0.125. The molecule has 0 fully saturated rings. The first-order valence-corrected chi connectivity index (χ1v) is 6.94. The zero-order chi connectivity index (χ0) is 15.9. The summed E-state index contributed by atoms with van der Waals surface area (Å²) in [5, 5.41) is 5.75. The van der Waals surface area contributed by atoms with Crippen LogP contribution in [0.3, 0.4) is 0 Å². The summed E-state index contributed by atoms with van der Waals surface area (Å²) < 4.78 is 10.3. The van der Waals surface area contributed by atoms with Gasteiger partial charge in [0.2, 0.25) is 0 Å². The van der Waals surface area contributed by atoms with Crippen molar-refractivity contribution in [3.63, 3.8) is 0 Å². The number of rotatable bonds is 4. The molecule has 2 N–H and O–H groups in total. The van der Waals surface area contributed by atoms with Crippen LogP contribution in [0.4, 0.5) is 5.69 Å². The molecule has 114 valence electrons. The molecule has 0 spiro atoms. The molecule has 0 heterocycles. The lowest BCUT2D eigenvalue weighted by atomic mass is 10.2. The molecule has 0 bridgehead atoms. The quantitative estimate of drug-likeness (QED) is 0.850. The van der Waals surface area contributed by atoms with Crippen LogP contribution in [0, 0.1) is 0 Å². The number of amides is 1. The van der Waals surface area contributed by atoms with Gasteiger partial charge in [0.15, 0.2) is 5.11 Å². The summed E-state index contributed by atoms with van der Waals surface area (Å²) in [5.74, 6) is 0.853. The number of benzene rings is 2. The predicted molar refractivity (Wildman–Crippen MR) is 89.7 cm³/mol. The van der Waals surface area contributed by atoms with Gasteiger partial charge in [-0.3, -0.25) is 10.1 Å². The van der Waals surface area contributed by atoms with E-state index in [1.54, 1.807) is 37.4 Å². The van der Waals surface area contributed by atoms with E-state index >= 15 is 0 Å². The number of thiocarbonyl (C=S) groups is 1. The van der Waals surface area contributed by atoms with Gasteiger partial charge in [-0.1, -0.05) is 18.2 Å². The van der Waals surface area contributed by atoms with Gasteiger partial charge in [-0.25, -0.2) is 0 Å². The maximum atomic E-state index is 12.2. The Morgan fingerprint density at radius 3 is 2.55 bits per heavy atom. The standard InChI is InChI=1S/C16H16N2O3S/c1-20-12-7-5-6-11(10-12)17-16(22)18-15(19)13-8-3-4-9-14(13)21-2/h3-10H,1-2H3,(H2,17,18,19,22). The monoisotopic (exact) mass is 316 g/mol. The van der Waals surface area contributed by atoms with E-state index < -0.39 is 0 Å². The van der Waals surface area contributed by atoms with Gasteiger partial charge in [0.25, 0.3) is 5.91 Å². The number of hydrogen-bond donors (Lipinski definition) is 2. The Morgan fingerprint density at radius 1 is 1.05 bits per heavy atom. The number of ether oxygens (including phenoxy) is 2. The van der Waals surface area contributed by atoms with E-state index in [0.717, 1.165) is 5.69 Å². The van der Waals surface area contributed by atoms with E-state index in [1.165, 1.54) is 7.11 Å². The number of carbonyl (C=O) groups excluding carboxylic acids is 1. The number of para-hydroxylation sites is 1. The molecule has 2 rings (SSSR count). The Bertz CT molecular complexity index is 689. The Labute approximate surface area is 134 Å². The first-order valence-electron chi connectivity index (χ1n) is 6.53. The highest BCUT2D eigenvalue weighted by molar-refractivity contribution is 7.80. The van der Waals surface area contributed by atoms with Crippen LogP contribution in [-0.2, 0) is 0 Å². The molecule has 0 saturated carbocycles. The van der Waals surface area contributed by atoms with Crippen LogP contribution in [0.15, 0.2) is 48.5 Å². The van der Waals surface area contributed by atoms with Crippen molar-refractivity contribution in [3.8, 4) is 11.5 Å². The summed E-state index contributed by atoms with van der Waals surface area (Å²) in [5.41, 5.74) is 1.14. The first kappa shape index (κ1) is 15.8. The second-order valence-corrected chi connectivity index (χ2v) is 4.75. The molecule has 2 aromatic carbocycles. The third-order valence-electron chi connectivity index (χ3n) is 2.91. The second kappa shape index (κ2) is 7.42. The lowest BCUT2D eigenvalue weighted by molar-refractivity contribution is 0.0975. The molecule has 0 radical (unpaired) electrons. The Kier molecular flexibility index (Phi) is 5.32. The van der Waals surface area contributed by atoms with Gasteiger partial charge in [-0.15, -0.1) is 0 Å². The highest BCUT2D eigenvalue weighted by atomic mass is 32.1. The van der Waals surface area contributed by atoms with Crippen LogP contribution in [0.5, 0.6) is 11.5 Å². The molecule has 0 atom stereocenters. The third-order valence-corrected chi connectivity index (χ3v) is 3.11. The minimum Gasteiger partial charge on any atom is -0.497 e. The molecule has 2 aromatic rings. The van der Waals surface area contributed by atoms with E-state index in [4.69, 9.17) is 21.7 Å². The second-order valence-electron chi connectivity index (χ2n) is 4.34. The average Bonchev–Trinajstić information content (AvgIpc) is 2.54. The van der Waals surface area contributed by atoms with E-state index in [9.17, 15) is 4.79 Å². The van der Waals surface area contributed by atoms with E-state index in [-0.39, 0.29) is 11.0 Å². The number of anilines is 1. The molecule has 22 heavy (non-hydrogen) atoms. The van der Waals surface area contributed by atoms with Crippen molar-refractivity contribution in [1.82, 2.24) is 5.32 Å². The van der Waals surface area contributed by atoms with Crippen LogP contribution >= 0.6 is 12.2 Å². The van der Waals surface area contributed by atoms with Crippen LogP contribution in [0.2, 0.25) is 0 Å².